The molecule has 3 fully saturated rings. The van der Waals surface area contributed by atoms with Gasteiger partial charge in [0, 0.05) is 38.6 Å². The third-order valence-electron chi connectivity index (χ3n) is 6.62. The molecular weight excluding hydrogens is 407 g/mol. The van der Waals surface area contributed by atoms with E-state index < -0.39 is 21.2 Å². The molecule has 2 unspecified atom stereocenters. The lowest BCUT2D eigenvalue weighted by molar-refractivity contribution is -0.169. The molecule has 1 aromatic carbocycles. The number of ether oxygens (including phenoxy) is 1. The number of alkyl halides is 3. The van der Waals surface area contributed by atoms with E-state index in [0.29, 0.717) is 11.8 Å². The van der Waals surface area contributed by atoms with Gasteiger partial charge in [0.05, 0.1) is 0 Å². The van der Waals surface area contributed by atoms with E-state index in [2.05, 4.69) is 9.08 Å². The first-order valence-corrected chi connectivity index (χ1v) is 11.5. The van der Waals surface area contributed by atoms with Crippen molar-refractivity contribution in [3.8, 4) is 5.75 Å². The summed E-state index contributed by atoms with van der Waals surface area (Å²) < 4.78 is 70.5. The predicted octanol–water partition coefficient (Wildman–Crippen LogP) is 3.90. The lowest BCUT2D eigenvalue weighted by Crippen LogP contribution is -2.59. The van der Waals surface area contributed by atoms with Gasteiger partial charge in [0.2, 0.25) is 0 Å². The van der Waals surface area contributed by atoms with Crippen molar-refractivity contribution in [2.75, 3.05) is 26.7 Å². The second-order valence-corrected chi connectivity index (χ2v) is 10.0. The van der Waals surface area contributed by atoms with Crippen molar-refractivity contribution in [3.63, 3.8) is 0 Å². The van der Waals surface area contributed by atoms with Gasteiger partial charge in [-0.3, -0.25) is 0 Å². The van der Waals surface area contributed by atoms with Gasteiger partial charge in [0.15, 0.2) is 0 Å². The van der Waals surface area contributed by atoms with Crippen LogP contribution in [0.3, 0.4) is 0 Å². The summed E-state index contributed by atoms with van der Waals surface area (Å²) in [5, 5.41) is 0. The average molecular weight is 433 g/mol. The molecule has 0 radical (unpaired) electrons. The summed E-state index contributed by atoms with van der Waals surface area (Å²) in [6, 6.07) is 5.86. The molecule has 2 atom stereocenters. The summed E-state index contributed by atoms with van der Waals surface area (Å²) in [5.74, 6) is 1.06. The molecule has 1 saturated heterocycles. The molecule has 5 nitrogen and oxygen atoms in total. The van der Waals surface area contributed by atoms with Crippen molar-refractivity contribution in [3.05, 3.63) is 29.8 Å². The third kappa shape index (κ3) is 3.88. The number of piperidine rings is 1. The number of likely N-dealkylation sites (tertiary alicyclic amines) is 1. The quantitative estimate of drug-likeness (QED) is 0.503. The Balaban J connectivity index is 1.57. The lowest BCUT2D eigenvalue weighted by atomic mass is 9.62. The van der Waals surface area contributed by atoms with Crippen molar-refractivity contribution in [1.29, 1.82) is 0 Å². The van der Waals surface area contributed by atoms with Crippen LogP contribution in [0.5, 0.6) is 5.75 Å². The molecule has 2 saturated carbocycles. The fourth-order valence-electron chi connectivity index (χ4n) is 5.21. The van der Waals surface area contributed by atoms with Crippen LogP contribution in [-0.2, 0) is 20.5 Å². The van der Waals surface area contributed by atoms with E-state index >= 15 is 0 Å². The average Bonchev–Trinajstić information content (AvgIpc) is 3.44. The minimum Gasteiger partial charge on any atom is -0.376 e. The van der Waals surface area contributed by atoms with Gasteiger partial charge in [0.25, 0.3) is 0 Å². The van der Waals surface area contributed by atoms with Gasteiger partial charge in [-0.1, -0.05) is 18.6 Å². The van der Waals surface area contributed by atoms with E-state index in [4.69, 9.17) is 4.74 Å². The molecule has 9 heteroatoms. The Morgan fingerprint density at radius 3 is 2.14 bits per heavy atom. The van der Waals surface area contributed by atoms with E-state index in [9.17, 15) is 21.6 Å². The van der Waals surface area contributed by atoms with Crippen LogP contribution >= 0.6 is 0 Å². The van der Waals surface area contributed by atoms with Gasteiger partial charge in [-0.05, 0) is 49.3 Å². The molecule has 3 aliphatic rings. The molecule has 1 aromatic rings. The second-order valence-electron chi connectivity index (χ2n) is 8.49. The zero-order valence-electron chi connectivity index (χ0n) is 16.3. The maximum Gasteiger partial charge on any atom is 0.534 e. The Kier molecular flexibility index (Phi) is 5.36. The Morgan fingerprint density at radius 2 is 1.66 bits per heavy atom. The Morgan fingerprint density at radius 1 is 1.07 bits per heavy atom. The van der Waals surface area contributed by atoms with Gasteiger partial charge < -0.3 is 13.8 Å². The molecule has 29 heavy (non-hydrogen) atoms. The van der Waals surface area contributed by atoms with Gasteiger partial charge in [-0.15, -0.1) is 0 Å². The van der Waals surface area contributed by atoms with Crippen LogP contribution in [0.4, 0.5) is 13.2 Å². The van der Waals surface area contributed by atoms with Gasteiger partial charge >= 0.3 is 15.6 Å². The number of methoxy groups -OCH3 is 1. The van der Waals surface area contributed by atoms with Gasteiger partial charge in [0.1, 0.15) is 11.4 Å². The van der Waals surface area contributed by atoms with Crippen LogP contribution in [0, 0.1) is 17.8 Å². The molecule has 0 N–H and O–H groups in total. The van der Waals surface area contributed by atoms with Crippen LogP contribution in [0.1, 0.15) is 37.7 Å². The number of rotatable bonds is 6. The first-order chi connectivity index (χ1) is 13.7. The number of benzene rings is 1. The highest BCUT2D eigenvalue weighted by Gasteiger charge is 2.53. The van der Waals surface area contributed by atoms with Crippen molar-refractivity contribution in [1.82, 2.24) is 4.90 Å². The summed E-state index contributed by atoms with van der Waals surface area (Å²) >= 11 is 0. The van der Waals surface area contributed by atoms with Crippen LogP contribution in [-0.4, -0.2) is 45.6 Å². The Labute approximate surface area is 169 Å². The largest absolute Gasteiger partial charge is 0.534 e. The van der Waals surface area contributed by atoms with E-state index in [-0.39, 0.29) is 5.75 Å². The van der Waals surface area contributed by atoms with E-state index in [1.807, 2.05) is 0 Å². The molecule has 4 rings (SSSR count). The van der Waals surface area contributed by atoms with Gasteiger partial charge in [-0.25, -0.2) is 0 Å². The molecule has 1 aliphatic heterocycles. The zero-order valence-corrected chi connectivity index (χ0v) is 17.1. The lowest BCUT2D eigenvalue weighted by Gasteiger charge is -2.55. The topological polar surface area (TPSA) is 55.8 Å². The fourth-order valence-corrected chi connectivity index (χ4v) is 5.67. The molecule has 0 spiro atoms. The molecule has 0 aromatic heterocycles. The first-order valence-electron chi connectivity index (χ1n) is 10.0. The number of fused-ring (bicyclic) bond motifs is 2. The summed E-state index contributed by atoms with van der Waals surface area (Å²) in [6.45, 7) is 3.03. The maximum absolute atomic E-state index is 12.6. The summed E-state index contributed by atoms with van der Waals surface area (Å²) in [6.07, 6.45) is 5.83. The fraction of sp³-hybridized carbons (Fsp3) is 0.700. The summed E-state index contributed by atoms with van der Waals surface area (Å²) in [5.41, 5.74) is -5.08. The Bertz CT molecular complexity index is 822. The molecule has 1 heterocycles. The van der Waals surface area contributed by atoms with E-state index in [1.165, 1.54) is 25.0 Å². The minimum atomic E-state index is -5.68. The van der Waals surface area contributed by atoms with Gasteiger partial charge in [-0.2, -0.15) is 21.6 Å². The highest BCUT2D eigenvalue weighted by molar-refractivity contribution is 7.88. The Hall–Kier alpha value is -1.32. The van der Waals surface area contributed by atoms with Crippen molar-refractivity contribution >= 4 is 10.1 Å². The van der Waals surface area contributed by atoms with Crippen LogP contribution in [0.25, 0.3) is 0 Å². The molecular formula is C20H26F3NO4S. The third-order valence-corrected chi connectivity index (χ3v) is 7.60. The smallest absolute Gasteiger partial charge is 0.376 e. The molecule has 2 bridgehead atoms. The van der Waals surface area contributed by atoms with Crippen LogP contribution < -0.4 is 4.18 Å². The molecule has 2 aliphatic carbocycles. The number of nitrogens with zero attached hydrogens (tertiary/aromatic N) is 1. The van der Waals surface area contributed by atoms with Crippen LogP contribution in [0.2, 0.25) is 0 Å². The number of halogens is 3. The van der Waals surface area contributed by atoms with E-state index in [0.717, 1.165) is 50.4 Å². The van der Waals surface area contributed by atoms with Crippen molar-refractivity contribution < 1.29 is 30.5 Å². The second kappa shape index (κ2) is 7.42. The minimum absolute atomic E-state index is 0.296. The number of hydrogen-bond donors (Lipinski definition) is 0. The van der Waals surface area contributed by atoms with E-state index in [1.54, 1.807) is 19.2 Å². The standard InChI is InChI=1S/C20H26F3NO4S/c1-27-19(15-7-9-18(10-8-15)28-29(25,26)20(21,22)23)16-3-2-4-17(19)13-24(12-16)11-14-5-6-14/h7-10,14,16-17H,2-6,11-13H2,1H3. The summed E-state index contributed by atoms with van der Waals surface area (Å²) in [4.78, 5) is 2.54. The molecule has 162 valence electrons. The predicted molar refractivity (Wildman–Crippen MR) is 101 cm³/mol. The van der Waals surface area contributed by atoms with Crippen LogP contribution in [0.15, 0.2) is 24.3 Å². The van der Waals surface area contributed by atoms with Crippen molar-refractivity contribution in [2.24, 2.45) is 17.8 Å². The van der Waals surface area contributed by atoms with Crippen molar-refractivity contribution in [2.45, 2.75) is 43.2 Å². The highest BCUT2D eigenvalue weighted by Crippen LogP contribution is 2.52. The first kappa shape index (κ1) is 20.9. The highest BCUT2D eigenvalue weighted by atomic mass is 32.2. The maximum atomic E-state index is 12.6. The normalized spacial score (nSPS) is 30.9. The zero-order chi connectivity index (χ0) is 20.9. The monoisotopic (exact) mass is 433 g/mol. The number of hydrogen-bond acceptors (Lipinski definition) is 5. The molecule has 0 amide bonds. The SMILES string of the molecule is COC1(c2ccc(OS(=O)(=O)C(F)(F)F)cc2)C2CCCC1CN(CC1CC1)C2. The summed E-state index contributed by atoms with van der Waals surface area (Å²) in [7, 11) is -3.98.